The molecule has 1 saturated carbocycles. The Balaban J connectivity index is 2.06. The molecule has 5 nitrogen and oxygen atoms in total. The molecule has 0 unspecified atom stereocenters. The molecule has 1 aliphatic carbocycles. The number of hydrogen-bond donors (Lipinski definition) is 2. The van der Waals surface area contributed by atoms with Gasteiger partial charge >= 0.3 is 0 Å². The first-order chi connectivity index (χ1) is 9.50. The number of hydrogen-bond acceptors (Lipinski definition) is 4. The van der Waals surface area contributed by atoms with Gasteiger partial charge < -0.3 is 5.73 Å². The highest BCUT2D eigenvalue weighted by Gasteiger charge is 2.21. The van der Waals surface area contributed by atoms with Gasteiger partial charge in [-0.1, -0.05) is 19.3 Å². The van der Waals surface area contributed by atoms with E-state index >= 15 is 0 Å². The predicted octanol–water partition coefficient (Wildman–Crippen LogP) is 2.46. The molecule has 0 spiro atoms. The lowest BCUT2D eigenvalue weighted by molar-refractivity contribution is 0.385. The summed E-state index contributed by atoms with van der Waals surface area (Å²) in [6, 6.07) is 6.52. The molecule has 0 radical (unpaired) electrons. The molecule has 1 aromatic carbocycles. The highest BCUT2D eigenvalue weighted by Crippen LogP contribution is 2.26. The summed E-state index contributed by atoms with van der Waals surface area (Å²) in [6.07, 6.45) is 5.37. The van der Waals surface area contributed by atoms with Gasteiger partial charge in [0.2, 0.25) is 10.0 Å². The second-order valence-electron chi connectivity index (χ2n) is 5.30. The number of nitrogen functional groups attached to an aromatic ring is 1. The van der Waals surface area contributed by atoms with Crippen LogP contribution in [0.2, 0.25) is 0 Å². The highest BCUT2D eigenvalue weighted by atomic mass is 32.2. The number of nitrogens with zero attached hydrogens (tertiary/aromatic N) is 1. The van der Waals surface area contributed by atoms with Gasteiger partial charge in [-0.3, -0.25) is 4.72 Å². The van der Waals surface area contributed by atoms with Gasteiger partial charge in [0.25, 0.3) is 0 Å². The fraction of sp³-hybridized carbons (Fsp3) is 0.500. The summed E-state index contributed by atoms with van der Waals surface area (Å²) in [7, 11) is -3.39. The van der Waals surface area contributed by atoms with Gasteiger partial charge in [0.05, 0.1) is 28.8 Å². The van der Waals surface area contributed by atoms with Crippen molar-refractivity contribution in [3.63, 3.8) is 0 Å². The normalized spacial score (nSPS) is 16.6. The van der Waals surface area contributed by atoms with Crippen molar-refractivity contribution in [1.82, 2.24) is 0 Å². The van der Waals surface area contributed by atoms with Crippen molar-refractivity contribution in [2.24, 2.45) is 5.92 Å². The monoisotopic (exact) mass is 293 g/mol. The first-order valence-corrected chi connectivity index (χ1v) is 8.45. The number of nitrogens with one attached hydrogen (secondary N) is 1. The van der Waals surface area contributed by atoms with Crippen molar-refractivity contribution in [3.05, 3.63) is 23.8 Å². The predicted molar refractivity (Wildman–Crippen MR) is 79.6 cm³/mol. The minimum atomic E-state index is -3.39. The Morgan fingerprint density at radius 2 is 2.00 bits per heavy atom. The second kappa shape index (κ2) is 6.14. The zero-order valence-corrected chi connectivity index (χ0v) is 12.1. The van der Waals surface area contributed by atoms with E-state index in [4.69, 9.17) is 11.0 Å². The Morgan fingerprint density at radius 1 is 1.30 bits per heavy atom. The number of benzene rings is 1. The maximum absolute atomic E-state index is 12.1. The fourth-order valence-corrected chi connectivity index (χ4v) is 4.16. The van der Waals surface area contributed by atoms with E-state index in [1.807, 2.05) is 6.07 Å². The Bertz CT molecular complexity index is 614. The molecule has 3 N–H and O–H groups in total. The van der Waals surface area contributed by atoms with Gasteiger partial charge in [0.15, 0.2) is 0 Å². The van der Waals surface area contributed by atoms with Crippen LogP contribution < -0.4 is 10.5 Å². The van der Waals surface area contributed by atoms with Crippen LogP contribution in [0, 0.1) is 17.2 Å². The molecule has 1 fully saturated rings. The molecule has 2 rings (SSSR count). The first-order valence-electron chi connectivity index (χ1n) is 6.80. The Kier molecular flexibility index (Phi) is 4.50. The van der Waals surface area contributed by atoms with Crippen molar-refractivity contribution >= 4 is 21.4 Å². The summed E-state index contributed by atoms with van der Waals surface area (Å²) in [6.45, 7) is 0. The van der Waals surface area contributed by atoms with E-state index in [9.17, 15) is 8.42 Å². The topological polar surface area (TPSA) is 96.0 Å². The van der Waals surface area contributed by atoms with E-state index < -0.39 is 10.0 Å². The zero-order valence-electron chi connectivity index (χ0n) is 11.3. The van der Waals surface area contributed by atoms with Crippen LogP contribution in [-0.4, -0.2) is 14.2 Å². The van der Waals surface area contributed by atoms with Gasteiger partial charge in [0, 0.05) is 0 Å². The van der Waals surface area contributed by atoms with E-state index in [0.717, 1.165) is 25.7 Å². The first kappa shape index (κ1) is 14.7. The summed E-state index contributed by atoms with van der Waals surface area (Å²) in [5.74, 6) is 0.382. The van der Waals surface area contributed by atoms with Crippen molar-refractivity contribution < 1.29 is 8.42 Å². The minimum Gasteiger partial charge on any atom is -0.397 e. The summed E-state index contributed by atoms with van der Waals surface area (Å²) in [5.41, 5.74) is 6.80. The number of nitrogens with two attached hydrogens (primary N) is 1. The summed E-state index contributed by atoms with van der Waals surface area (Å²) in [4.78, 5) is 0. The van der Waals surface area contributed by atoms with Crippen LogP contribution in [0.1, 0.15) is 37.7 Å². The fourth-order valence-electron chi connectivity index (χ4n) is 2.60. The molecule has 0 saturated heterocycles. The van der Waals surface area contributed by atoms with Gasteiger partial charge in [-0.2, -0.15) is 5.26 Å². The molecule has 6 heteroatoms. The van der Waals surface area contributed by atoms with Crippen molar-refractivity contribution in [2.75, 3.05) is 16.2 Å². The molecule has 0 heterocycles. The van der Waals surface area contributed by atoms with Crippen LogP contribution in [0.5, 0.6) is 0 Å². The molecule has 1 aromatic rings. The molecule has 0 atom stereocenters. The molecule has 108 valence electrons. The number of nitriles is 1. The van der Waals surface area contributed by atoms with E-state index in [2.05, 4.69) is 4.72 Å². The average Bonchev–Trinajstić information content (AvgIpc) is 2.41. The van der Waals surface area contributed by atoms with Crippen LogP contribution in [0.25, 0.3) is 0 Å². The Morgan fingerprint density at radius 3 is 2.60 bits per heavy atom. The molecule has 0 amide bonds. The second-order valence-corrected chi connectivity index (χ2v) is 7.07. The maximum Gasteiger partial charge on any atom is 0.233 e. The summed E-state index contributed by atoms with van der Waals surface area (Å²) >= 11 is 0. The van der Waals surface area contributed by atoms with Crippen LogP contribution in [-0.2, 0) is 10.0 Å². The van der Waals surface area contributed by atoms with Gasteiger partial charge in [-0.15, -0.1) is 0 Å². The zero-order chi connectivity index (χ0) is 14.6. The number of rotatable bonds is 4. The number of sulfonamides is 1. The number of anilines is 2. The third-order valence-electron chi connectivity index (χ3n) is 3.63. The SMILES string of the molecule is N#Cc1ccc(NS(=O)(=O)CC2CCCCC2)c(N)c1. The van der Waals surface area contributed by atoms with E-state index in [1.165, 1.54) is 18.6 Å². The maximum atomic E-state index is 12.1. The quantitative estimate of drug-likeness (QED) is 0.833. The Labute approximate surface area is 119 Å². The smallest absolute Gasteiger partial charge is 0.233 e. The molecular weight excluding hydrogens is 274 g/mol. The Hall–Kier alpha value is -1.74. The minimum absolute atomic E-state index is 0.145. The van der Waals surface area contributed by atoms with Gasteiger partial charge in [-0.05, 0) is 37.0 Å². The molecule has 0 aliphatic heterocycles. The van der Waals surface area contributed by atoms with E-state index in [1.54, 1.807) is 6.07 Å². The lowest BCUT2D eigenvalue weighted by Gasteiger charge is -2.21. The van der Waals surface area contributed by atoms with E-state index in [-0.39, 0.29) is 17.4 Å². The molecule has 20 heavy (non-hydrogen) atoms. The van der Waals surface area contributed by atoms with Crippen molar-refractivity contribution in [2.45, 2.75) is 32.1 Å². The van der Waals surface area contributed by atoms with Crippen LogP contribution in [0.3, 0.4) is 0 Å². The van der Waals surface area contributed by atoms with E-state index in [0.29, 0.717) is 11.3 Å². The van der Waals surface area contributed by atoms with Gasteiger partial charge in [-0.25, -0.2) is 8.42 Å². The lowest BCUT2D eigenvalue weighted by atomic mass is 9.91. The van der Waals surface area contributed by atoms with Crippen LogP contribution >= 0.6 is 0 Å². The summed E-state index contributed by atoms with van der Waals surface area (Å²) < 4.78 is 26.8. The summed E-state index contributed by atoms with van der Waals surface area (Å²) in [5, 5.41) is 8.76. The van der Waals surface area contributed by atoms with Gasteiger partial charge in [0.1, 0.15) is 0 Å². The molecule has 0 aromatic heterocycles. The average molecular weight is 293 g/mol. The molecule has 1 aliphatic rings. The molecular formula is C14H19N3O2S. The van der Waals surface area contributed by atoms with Crippen molar-refractivity contribution in [1.29, 1.82) is 5.26 Å². The lowest BCUT2D eigenvalue weighted by Crippen LogP contribution is -2.24. The largest absolute Gasteiger partial charge is 0.397 e. The van der Waals surface area contributed by atoms with Crippen LogP contribution in [0.4, 0.5) is 11.4 Å². The molecule has 0 bridgehead atoms. The van der Waals surface area contributed by atoms with Crippen molar-refractivity contribution in [3.8, 4) is 6.07 Å². The highest BCUT2D eigenvalue weighted by molar-refractivity contribution is 7.92. The third kappa shape index (κ3) is 3.87. The van der Waals surface area contributed by atoms with Crippen LogP contribution in [0.15, 0.2) is 18.2 Å². The standard InChI is InChI=1S/C14H19N3O2S/c15-9-12-6-7-14(13(16)8-12)17-20(18,19)10-11-4-2-1-3-5-11/h6-8,11,17H,1-5,10,16H2. The third-order valence-corrected chi connectivity index (χ3v) is 5.07.